The van der Waals surface area contributed by atoms with Crippen LogP contribution in [0.3, 0.4) is 0 Å². The quantitative estimate of drug-likeness (QED) is 0.132. The van der Waals surface area contributed by atoms with Crippen LogP contribution < -0.4 is 74.4 Å². The lowest BCUT2D eigenvalue weighted by Gasteiger charge is -2.21. The summed E-state index contributed by atoms with van der Waals surface area (Å²) in [5.74, 6) is 1.81. The molecule has 6 saturated heterocycles. The average Bonchev–Trinajstić information content (AvgIpc) is 4.15. The van der Waals surface area contributed by atoms with Gasteiger partial charge in [0.05, 0.1) is 0 Å². The van der Waals surface area contributed by atoms with Gasteiger partial charge in [0.25, 0.3) is 0 Å². The summed E-state index contributed by atoms with van der Waals surface area (Å²) < 4.78 is 0. The Balaban J connectivity index is 0.000000333. The third-order valence-electron chi connectivity index (χ3n) is 11.6. The third-order valence-corrected chi connectivity index (χ3v) is 11.6. The number of likely N-dealkylation sites (N-methyl/N-ethyl adjacent to an activating group) is 4. The molecule has 14 nitrogen and oxygen atoms in total. The van der Waals surface area contributed by atoms with Crippen LogP contribution in [0, 0.1) is 11.8 Å². The van der Waals surface area contributed by atoms with Crippen molar-refractivity contribution in [1.82, 2.24) is 74.4 Å². The van der Waals surface area contributed by atoms with Gasteiger partial charge in [-0.3, -0.25) is 0 Å². The van der Waals surface area contributed by atoms with Crippen molar-refractivity contribution in [3.8, 4) is 0 Å². The van der Waals surface area contributed by atoms with Crippen LogP contribution in [0.1, 0.15) is 77.0 Å². The zero-order valence-corrected chi connectivity index (χ0v) is 38.3. The van der Waals surface area contributed by atoms with Crippen molar-refractivity contribution in [3.05, 3.63) is 12.3 Å². The smallest absolute Gasteiger partial charge is 0.0318 e. The molecule has 0 saturated carbocycles. The minimum atomic E-state index is 0.639. The number of rotatable bonds is 10. The monoisotopic (exact) mass is 811 g/mol. The van der Waals surface area contributed by atoms with Crippen molar-refractivity contribution in [3.63, 3.8) is 0 Å². The summed E-state index contributed by atoms with van der Waals surface area (Å²) in [6, 6.07) is 3.64. The second kappa shape index (κ2) is 40.4. The highest BCUT2D eigenvalue weighted by molar-refractivity contribution is 4.91. The minimum Gasteiger partial charge on any atom is -0.390 e. The molecule has 0 bridgehead atoms. The molecule has 0 radical (unpaired) electrons. The van der Waals surface area contributed by atoms with Crippen molar-refractivity contribution in [2.45, 2.75) is 107 Å². The van der Waals surface area contributed by atoms with Crippen molar-refractivity contribution < 1.29 is 0 Å². The Kier molecular flexibility index (Phi) is 38.3. The molecule has 4 unspecified atom stereocenters. The van der Waals surface area contributed by atoms with E-state index in [1.807, 2.05) is 55.5 Å². The Labute approximate surface area is 352 Å². The second-order valence-corrected chi connectivity index (χ2v) is 16.5. The maximum Gasteiger partial charge on any atom is 0.0318 e. The molecule has 0 aromatic heterocycles. The van der Waals surface area contributed by atoms with Crippen molar-refractivity contribution in [2.75, 3.05) is 148 Å². The van der Waals surface area contributed by atoms with E-state index in [0.717, 1.165) is 62.6 Å². The minimum absolute atomic E-state index is 0.639. The van der Waals surface area contributed by atoms with Gasteiger partial charge < -0.3 is 74.4 Å². The van der Waals surface area contributed by atoms with Gasteiger partial charge in [0.2, 0.25) is 0 Å². The van der Waals surface area contributed by atoms with Crippen molar-refractivity contribution in [1.29, 1.82) is 0 Å². The number of hydrogen-bond donors (Lipinski definition) is 14. The molecule has 0 aliphatic carbocycles. The van der Waals surface area contributed by atoms with Crippen LogP contribution in [0.15, 0.2) is 12.3 Å². The van der Waals surface area contributed by atoms with Gasteiger partial charge in [-0.1, -0.05) is 12.5 Å². The van der Waals surface area contributed by atoms with E-state index >= 15 is 0 Å². The van der Waals surface area contributed by atoms with E-state index in [-0.39, 0.29) is 0 Å². The van der Waals surface area contributed by atoms with Gasteiger partial charge >= 0.3 is 0 Å². The number of nitrogens with one attached hydrogen (secondary N) is 14. The molecule has 340 valence electrons. The maximum absolute atomic E-state index is 3.39. The zero-order valence-electron chi connectivity index (χ0n) is 38.3. The van der Waals surface area contributed by atoms with Crippen LogP contribution in [0.4, 0.5) is 0 Å². The molecule has 6 fully saturated rings. The molecule has 57 heavy (non-hydrogen) atoms. The fourth-order valence-corrected chi connectivity index (χ4v) is 7.54. The van der Waals surface area contributed by atoms with E-state index in [0.29, 0.717) is 12.1 Å². The van der Waals surface area contributed by atoms with E-state index in [9.17, 15) is 0 Å². The van der Waals surface area contributed by atoms with Crippen LogP contribution >= 0.6 is 0 Å². The van der Waals surface area contributed by atoms with Crippen LogP contribution in [0.2, 0.25) is 0 Å². The summed E-state index contributed by atoms with van der Waals surface area (Å²) >= 11 is 0. The zero-order chi connectivity index (χ0) is 41.4. The Bertz CT molecular complexity index is 775. The molecule has 14 N–H and O–H groups in total. The van der Waals surface area contributed by atoms with Gasteiger partial charge in [0, 0.05) is 62.9 Å². The van der Waals surface area contributed by atoms with Crippen LogP contribution in [-0.4, -0.2) is 178 Å². The highest BCUT2D eigenvalue weighted by Crippen LogP contribution is 2.09. The normalized spacial score (nSPS) is 27.3. The topological polar surface area (TPSA) is 178 Å². The summed E-state index contributed by atoms with van der Waals surface area (Å²) in [6.07, 6.45) is 20.0. The van der Waals surface area contributed by atoms with E-state index in [2.05, 4.69) is 80.5 Å². The highest BCUT2D eigenvalue weighted by atomic mass is 15.1. The molecule has 14 heteroatoms. The lowest BCUT2D eigenvalue weighted by Crippen LogP contribution is -2.41. The molecule has 7 heterocycles. The predicted octanol–water partition coefficient (Wildman–Crippen LogP) is -0.0667. The standard InChI is InChI=1S/3C7H16N2.2C6H14N2.C6H12N2.C4H10N2/c1-8-6-7-2-4-9-5-3-7;1-8-5-7-3-2-4-9-6-7;1-8-7-4-2-3-5-9-6-7;1-7-6-2-4-8-5-3-6;2*1-7-6-3-2-4-8-5-6;1-5-2-4-3-6-4/h3*7-9H,2-6H2,1H3;2*6-8H,2-5H2,1H3;2,4,6-8H,3,5H2,1H3;4-6H,2-3H2,1H3/t;;;;6-;;/m....0../s1. The summed E-state index contributed by atoms with van der Waals surface area (Å²) in [7, 11) is 14.1. The average molecular weight is 811 g/mol. The first-order valence-electron chi connectivity index (χ1n) is 23.3. The first-order chi connectivity index (χ1) is 28.0. The SMILES string of the molecule is CNC1CC=CNC1.CNC1CCCCNC1.CNC1CCNCC1.CNCC1CCCNC1.CNCC1CCNCC1.CNCC1CN1.CN[C@H]1CCCNC1. The summed E-state index contributed by atoms with van der Waals surface area (Å²) in [5, 5.41) is 45.5. The molecule has 7 aliphatic heterocycles. The summed E-state index contributed by atoms with van der Waals surface area (Å²) in [4.78, 5) is 0. The Morgan fingerprint density at radius 3 is 1.33 bits per heavy atom. The van der Waals surface area contributed by atoms with Gasteiger partial charge in [-0.25, -0.2) is 0 Å². The Morgan fingerprint density at radius 1 is 0.421 bits per heavy atom. The first-order valence-corrected chi connectivity index (χ1v) is 23.3. The molecule has 0 aromatic carbocycles. The molecule has 0 aromatic rings. The van der Waals surface area contributed by atoms with E-state index < -0.39 is 0 Å². The number of hydrogen-bond acceptors (Lipinski definition) is 14. The van der Waals surface area contributed by atoms with Gasteiger partial charge in [0.1, 0.15) is 0 Å². The number of piperidine rings is 4. The molecule has 7 aliphatic rings. The largest absolute Gasteiger partial charge is 0.390 e. The second-order valence-electron chi connectivity index (χ2n) is 16.5. The van der Waals surface area contributed by atoms with Crippen LogP contribution in [0.5, 0.6) is 0 Å². The van der Waals surface area contributed by atoms with Gasteiger partial charge in [0.15, 0.2) is 0 Å². The predicted molar refractivity (Wildman–Crippen MR) is 249 cm³/mol. The van der Waals surface area contributed by atoms with Gasteiger partial charge in [-0.2, -0.15) is 0 Å². The molecule has 0 amide bonds. The van der Waals surface area contributed by atoms with Gasteiger partial charge in [-0.05, 0) is 203 Å². The molecule has 7 rings (SSSR count). The van der Waals surface area contributed by atoms with E-state index in [1.165, 1.54) is 143 Å². The van der Waals surface area contributed by atoms with Crippen LogP contribution in [-0.2, 0) is 0 Å². The van der Waals surface area contributed by atoms with E-state index in [4.69, 9.17) is 0 Å². The Hall–Kier alpha value is -0.980. The fraction of sp³-hybridized carbons (Fsp3) is 0.953. The maximum atomic E-state index is 3.39. The summed E-state index contributed by atoms with van der Waals surface area (Å²) in [6.45, 7) is 17.7. The van der Waals surface area contributed by atoms with Crippen molar-refractivity contribution in [2.24, 2.45) is 11.8 Å². The highest BCUT2D eigenvalue weighted by Gasteiger charge is 2.17. The first kappa shape index (κ1) is 54.0. The Morgan fingerprint density at radius 2 is 0.930 bits per heavy atom. The fourth-order valence-electron chi connectivity index (χ4n) is 7.54. The molecule has 0 spiro atoms. The molecular formula is C43H98N14. The van der Waals surface area contributed by atoms with Crippen LogP contribution in [0.25, 0.3) is 0 Å². The lowest BCUT2D eigenvalue weighted by molar-refractivity contribution is 0.365. The van der Waals surface area contributed by atoms with Crippen molar-refractivity contribution >= 4 is 0 Å². The van der Waals surface area contributed by atoms with E-state index in [1.54, 1.807) is 0 Å². The lowest BCUT2D eigenvalue weighted by atomic mass is 9.98. The molecule has 5 atom stereocenters. The third kappa shape index (κ3) is 33.4. The van der Waals surface area contributed by atoms with Gasteiger partial charge in [-0.15, -0.1) is 0 Å². The summed E-state index contributed by atoms with van der Waals surface area (Å²) in [5.41, 5.74) is 0. The molecular weight excluding hydrogens is 713 g/mol.